The van der Waals surface area contributed by atoms with Crippen LogP contribution in [0.25, 0.3) is 0 Å². The molecule has 0 aromatic rings. The molecule has 1 aliphatic rings. The van der Waals surface area contributed by atoms with Crippen molar-refractivity contribution >= 4 is 10.7 Å². The fourth-order valence-electron chi connectivity index (χ4n) is 0.945. The minimum Gasteiger partial charge on any atom is -0.379 e. The predicted molar refractivity (Wildman–Crippen MR) is 40.9 cm³/mol. The van der Waals surface area contributed by atoms with Gasteiger partial charge in [-0.05, 0) is 0 Å². The van der Waals surface area contributed by atoms with Gasteiger partial charge in [0.05, 0.1) is 13.2 Å². The summed E-state index contributed by atoms with van der Waals surface area (Å²) in [4.78, 5) is 0. The van der Waals surface area contributed by atoms with Crippen LogP contribution >= 0.6 is 0 Å². The van der Waals surface area contributed by atoms with E-state index in [-0.39, 0.29) is 0 Å². The molecule has 0 saturated carbocycles. The molecule has 0 amide bonds. The van der Waals surface area contributed by atoms with Crippen LogP contribution in [-0.4, -0.2) is 31.3 Å². The van der Waals surface area contributed by atoms with E-state index in [1.165, 1.54) is 0 Å². The molecule has 0 spiro atoms. The molecule has 1 rings (SSSR count). The van der Waals surface area contributed by atoms with Crippen LogP contribution < -0.4 is 0 Å². The van der Waals surface area contributed by atoms with Crippen LogP contribution in [0.2, 0.25) is 0 Å². The van der Waals surface area contributed by atoms with Crippen LogP contribution in [0.4, 0.5) is 0 Å². The smallest absolute Gasteiger partial charge is 0.0592 e. The first-order valence-corrected chi connectivity index (χ1v) is 4.63. The third-order valence-electron chi connectivity index (χ3n) is 1.49. The number of rotatable bonds is 0. The second kappa shape index (κ2) is 3.32. The van der Waals surface area contributed by atoms with Crippen molar-refractivity contribution in [2.45, 2.75) is 12.2 Å². The van der Waals surface area contributed by atoms with E-state index in [0.29, 0.717) is 15.9 Å². The van der Waals surface area contributed by atoms with Crippen molar-refractivity contribution < 1.29 is 4.74 Å². The van der Waals surface area contributed by atoms with Gasteiger partial charge < -0.3 is 4.74 Å². The van der Waals surface area contributed by atoms with Gasteiger partial charge in [0, 0.05) is 18.1 Å². The van der Waals surface area contributed by atoms with E-state index in [9.17, 15) is 0 Å². The summed E-state index contributed by atoms with van der Waals surface area (Å²) in [6, 6.07) is 0. The van der Waals surface area contributed by atoms with E-state index in [0.717, 1.165) is 19.0 Å². The zero-order valence-electron chi connectivity index (χ0n) is 5.96. The Kier molecular flexibility index (Phi) is 2.66. The largest absolute Gasteiger partial charge is 0.379 e. The molecule has 0 aromatic carbocycles. The van der Waals surface area contributed by atoms with Crippen LogP contribution in [0.5, 0.6) is 0 Å². The molecule has 1 heterocycles. The summed E-state index contributed by atoms with van der Waals surface area (Å²) < 4.78 is 9.54. The van der Waals surface area contributed by atoms with Gasteiger partial charge in [-0.25, -0.2) is 0 Å². The summed E-state index contributed by atoms with van der Waals surface area (Å²) in [5.41, 5.74) is 0. The number of hydrogen-bond acceptors (Lipinski definition) is 2. The van der Waals surface area contributed by atoms with Gasteiger partial charge in [0.2, 0.25) is 0 Å². The molecule has 0 bridgehead atoms. The molecule has 1 fully saturated rings. The Morgan fingerprint density at radius 3 is 2.89 bits per heavy atom. The number of ether oxygens (including phenoxy) is 1. The summed E-state index contributed by atoms with van der Waals surface area (Å²) in [5, 5.41) is 0.656. The van der Waals surface area contributed by atoms with E-state index in [2.05, 4.69) is 11.3 Å². The summed E-state index contributed by atoms with van der Waals surface area (Å²) in [6.45, 7) is 4.01. The van der Waals surface area contributed by atoms with E-state index in [4.69, 9.17) is 4.74 Å². The topological polar surface area (TPSA) is 21.6 Å². The summed E-state index contributed by atoms with van der Waals surface area (Å²) >= 11 is 0. The molecule has 1 unspecified atom stereocenters. The van der Waals surface area contributed by atoms with E-state index >= 15 is 0 Å². The Bertz CT molecular complexity index is 124. The third-order valence-corrected chi connectivity index (χ3v) is 3.61. The van der Waals surface area contributed by atoms with Gasteiger partial charge in [0.1, 0.15) is 0 Å². The van der Waals surface area contributed by atoms with Crippen molar-refractivity contribution in [3.8, 4) is 0 Å². The van der Waals surface area contributed by atoms with E-state index in [1.807, 2.05) is 7.05 Å². The Labute approximate surface area is 58.7 Å². The molecule has 54 valence electrons. The highest BCUT2D eigenvalue weighted by Crippen LogP contribution is 2.05. The molecule has 2 atom stereocenters. The zero-order valence-corrected chi connectivity index (χ0v) is 6.78. The zero-order chi connectivity index (χ0) is 6.69. The maximum atomic E-state index is 5.26. The van der Waals surface area contributed by atoms with Crippen LogP contribution in [0.1, 0.15) is 6.92 Å². The molecular weight excluding hydrogens is 134 g/mol. The molecule has 9 heavy (non-hydrogen) atoms. The summed E-state index contributed by atoms with van der Waals surface area (Å²) in [7, 11) is 2.21. The van der Waals surface area contributed by atoms with Crippen LogP contribution in [0, 0.1) is 0 Å². The van der Waals surface area contributed by atoms with E-state index < -0.39 is 0 Å². The highest BCUT2D eigenvalue weighted by atomic mass is 32.2. The maximum Gasteiger partial charge on any atom is 0.0592 e. The quantitative estimate of drug-likeness (QED) is 0.497. The maximum absolute atomic E-state index is 5.26. The minimum atomic E-state index is 0.304. The molecule has 0 N–H and O–H groups in total. The van der Waals surface area contributed by atoms with Gasteiger partial charge >= 0.3 is 0 Å². The predicted octanol–water partition coefficient (Wildman–Crippen LogP) is 0.837. The second-order valence-corrected chi connectivity index (χ2v) is 4.55. The second-order valence-electron chi connectivity index (χ2n) is 2.17. The fraction of sp³-hybridized carbons (Fsp3) is 1.00. The highest BCUT2D eigenvalue weighted by Gasteiger charge is 2.12. The number of hydrogen-bond donors (Lipinski definition) is 0. The van der Waals surface area contributed by atoms with Gasteiger partial charge in [-0.2, -0.15) is 0 Å². The van der Waals surface area contributed by atoms with Crippen LogP contribution in [-0.2, 0) is 15.4 Å². The SMILES string of the molecule is CN=S1CCOC[C@@H]1C. The van der Waals surface area contributed by atoms with Gasteiger partial charge in [0.15, 0.2) is 0 Å². The van der Waals surface area contributed by atoms with Crippen molar-refractivity contribution in [1.82, 2.24) is 0 Å². The molecule has 3 heteroatoms. The first-order chi connectivity index (χ1) is 4.34. The Hall–Kier alpha value is 0.110. The highest BCUT2D eigenvalue weighted by molar-refractivity contribution is 7.87. The average molecular weight is 147 g/mol. The van der Waals surface area contributed by atoms with Crippen molar-refractivity contribution in [2.24, 2.45) is 4.36 Å². The molecular formula is C6H13NOS. The number of nitrogens with zero attached hydrogens (tertiary/aromatic N) is 1. The third kappa shape index (κ3) is 1.76. The summed E-state index contributed by atoms with van der Waals surface area (Å²) in [6.07, 6.45) is 0. The van der Waals surface area contributed by atoms with Gasteiger partial charge in [-0.1, -0.05) is 17.6 Å². The Morgan fingerprint density at radius 2 is 2.44 bits per heavy atom. The Balaban J connectivity index is 2.49. The molecule has 1 aliphatic heterocycles. The molecule has 1 saturated heterocycles. The first kappa shape index (κ1) is 7.22. The van der Waals surface area contributed by atoms with Crippen molar-refractivity contribution in [3.05, 3.63) is 0 Å². The molecule has 0 radical (unpaired) electrons. The van der Waals surface area contributed by atoms with Crippen molar-refractivity contribution in [2.75, 3.05) is 26.0 Å². The Morgan fingerprint density at radius 1 is 1.67 bits per heavy atom. The van der Waals surface area contributed by atoms with Crippen molar-refractivity contribution in [3.63, 3.8) is 0 Å². The van der Waals surface area contributed by atoms with Gasteiger partial charge in [-0.15, -0.1) is 0 Å². The van der Waals surface area contributed by atoms with E-state index in [1.54, 1.807) is 0 Å². The lowest BCUT2D eigenvalue weighted by molar-refractivity contribution is 0.145. The van der Waals surface area contributed by atoms with Crippen LogP contribution in [0.15, 0.2) is 4.36 Å². The first-order valence-electron chi connectivity index (χ1n) is 3.22. The molecule has 2 nitrogen and oxygen atoms in total. The van der Waals surface area contributed by atoms with Crippen molar-refractivity contribution in [1.29, 1.82) is 0 Å². The summed E-state index contributed by atoms with van der Waals surface area (Å²) in [5.74, 6) is 1.14. The lowest BCUT2D eigenvalue weighted by Gasteiger charge is -2.21. The standard InChI is InChI=1S/C6H13NOS/c1-6-5-8-3-4-9(6)7-2/h6H,3-5H2,1-2H3/t6-,9?/m0/s1. The molecule has 0 aromatic heterocycles. The normalized spacial score (nSPS) is 37.1. The lowest BCUT2D eigenvalue weighted by atomic mass is 10.5. The average Bonchev–Trinajstić information content (AvgIpc) is 1.89. The van der Waals surface area contributed by atoms with Gasteiger partial charge in [0.25, 0.3) is 0 Å². The monoisotopic (exact) mass is 147 g/mol. The minimum absolute atomic E-state index is 0.304. The lowest BCUT2D eigenvalue weighted by Crippen LogP contribution is -2.28. The fourth-order valence-corrected chi connectivity index (χ4v) is 2.43. The van der Waals surface area contributed by atoms with Gasteiger partial charge in [-0.3, -0.25) is 4.36 Å². The molecule has 0 aliphatic carbocycles. The van der Waals surface area contributed by atoms with Crippen LogP contribution in [0.3, 0.4) is 0 Å².